The Morgan fingerprint density at radius 2 is 1.97 bits per heavy atom. The molecule has 0 radical (unpaired) electrons. The molecule has 2 aliphatic rings. The van der Waals surface area contributed by atoms with E-state index in [1.54, 1.807) is 35.1 Å². The van der Waals surface area contributed by atoms with Gasteiger partial charge in [-0.15, -0.1) is 12.4 Å². The molecule has 1 aromatic heterocycles. The first-order chi connectivity index (χ1) is 16.3. The van der Waals surface area contributed by atoms with Crippen LogP contribution >= 0.6 is 24.2 Å². The van der Waals surface area contributed by atoms with E-state index in [1.807, 2.05) is 11.0 Å². The number of likely N-dealkylation sites (tertiary alicyclic amines) is 1. The van der Waals surface area contributed by atoms with Crippen LogP contribution in [0.15, 0.2) is 42.1 Å². The number of nitrogens with zero attached hydrogens (tertiary/aromatic N) is 3. The van der Waals surface area contributed by atoms with Crippen molar-refractivity contribution in [3.05, 3.63) is 59.2 Å². The Hall–Kier alpha value is -2.49. The number of aryl methyl sites for hydroxylation is 1. The van der Waals surface area contributed by atoms with E-state index in [9.17, 15) is 18.8 Å². The molecule has 1 N–H and O–H groups in total. The van der Waals surface area contributed by atoms with Crippen LogP contribution in [-0.4, -0.2) is 55.0 Å². The quantitative estimate of drug-likeness (QED) is 0.523. The van der Waals surface area contributed by atoms with Gasteiger partial charge in [0, 0.05) is 42.9 Å². The number of carboxylic acids is 1. The number of benzene rings is 1. The maximum Gasteiger partial charge on any atom is 0.305 e. The van der Waals surface area contributed by atoms with E-state index in [0.717, 1.165) is 18.4 Å². The summed E-state index contributed by atoms with van der Waals surface area (Å²) in [6.45, 7) is 2.80. The van der Waals surface area contributed by atoms with Crippen molar-refractivity contribution in [3.63, 3.8) is 0 Å². The molecular formula is C25H29ClFN3O4S. The van der Waals surface area contributed by atoms with Crippen LogP contribution in [0.2, 0.25) is 0 Å². The Morgan fingerprint density at radius 1 is 1.23 bits per heavy atom. The predicted octanol–water partition coefficient (Wildman–Crippen LogP) is 4.38. The number of hydrogen-bond acceptors (Lipinski definition) is 6. The maximum absolute atomic E-state index is 14.8. The molecule has 1 aromatic carbocycles. The number of carbonyl (C=O) groups excluding carboxylic acids is 2. The highest BCUT2D eigenvalue weighted by atomic mass is 35.5. The first-order valence-electron chi connectivity index (χ1n) is 11.5. The summed E-state index contributed by atoms with van der Waals surface area (Å²) in [4.78, 5) is 38.0. The summed E-state index contributed by atoms with van der Waals surface area (Å²) in [7, 11) is 0. The van der Waals surface area contributed by atoms with Gasteiger partial charge in [-0.25, -0.2) is 4.39 Å². The lowest BCUT2D eigenvalue weighted by molar-refractivity contribution is -0.137. The minimum absolute atomic E-state index is 0. The second kappa shape index (κ2) is 12.0. The average molecular weight is 522 g/mol. The molecule has 2 aromatic rings. The van der Waals surface area contributed by atoms with Gasteiger partial charge in [0.2, 0.25) is 0 Å². The molecule has 2 atom stereocenters. The van der Waals surface area contributed by atoms with E-state index in [2.05, 4.69) is 5.10 Å². The van der Waals surface area contributed by atoms with E-state index in [4.69, 9.17) is 5.11 Å². The second-order valence-electron chi connectivity index (χ2n) is 8.82. The van der Waals surface area contributed by atoms with Gasteiger partial charge in [-0.3, -0.25) is 24.0 Å². The SMILES string of the molecule is CC(=O)S[C@@H]1CCN(C(C(=O)C2CC2)c2ccccc2F)CC1=Cc1ccn(CCC(=O)O)n1.Cl. The van der Waals surface area contributed by atoms with Crippen LogP contribution in [-0.2, 0) is 20.9 Å². The number of carboxylic acid groups (broad SMARTS) is 1. The Balaban J connectivity index is 0.00000342. The van der Waals surface area contributed by atoms with Crippen LogP contribution in [0.5, 0.6) is 0 Å². The minimum Gasteiger partial charge on any atom is -0.481 e. The lowest BCUT2D eigenvalue weighted by Crippen LogP contribution is -2.43. The Morgan fingerprint density at radius 3 is 2.63 bits per heavy atom. The second-order valence-corrected chi connectivity index (χ2v) is 10.2. The molecule has 2 fully saturated rings. The van der Waals surface area contributed by atoms with E-state index >= 15 is 0 Å². The number of ketones is 1. The standard InChI is InChI=1S/C25H28FN3O4S.ClH/c1-16(30)34-22-9-11-28(15-18(22)14-19-8-12-29(27-19)13-10-23(31)32)24(25(33)17-6-7-17)20-4-2-3-5-21(20)26;/h2-5,8,12,14,17,22,24H,6-7,9-11,13,15H2,1H3,(H,31,32);1H/t22-,24?;/m1./s1. The third kappa shape index (κ3) is 7.02. The summed E-state index contributed by atoms with van der Waals surface area (Å²) in [5.41, 5.74) is 2.00. The summed E-state index contributed by atoms with van der Waals surface area (Å²) in [6.07, 6.45) is 5.94. The topological polar surface area (TPSA) is 92.5 Å². The summed E-state index contributed by atoms with van der Waals surface area (Å²) in [6, 6.07) is 7.59. The smallest absolute Gasteiger partial charge is 0.305 e. The third-order valence-corrected chi connectivity index (χ3v) is 7.30. The van der Waals surface area contributed by atoms with Crippen molar-refractivity contribution in [2.45, 2.75) is 50.4 Å². The molecule has 0 amide bonds. The largest absolute Gasteiger partial charge is 0.481 e. The van der Waals surface area contributed by atoms with E-state index < -0.39 is 12.0 Å². The van der Waals surface area contributed by atoms with Crippen LogP contribution < -0.4 is 0 Å². The van der Waals surface area contributed by atoms with Crippen LogP contribution in [0.3, 0.4) is 0 Å². The molecule has 1 saturated carbocycles. The van der Waals surface area contributed by atoms with Crippen LogP contribution in [0.4, 0.5) is 4.39 Å². The molecular weight excluding hydrogens is 493 g/mol. The van der Waals surface area contributed by atoms with Gasteiger partial charge in [0.1, 0.15) is 5.82 Å². The fourth-order valence-electron chi connectivity index (χ4n) is 4.37. The van der Waals surface area contributed by atoms with Crippen molar-refractivity contribution in [3.8, 4) is 0 Å². The molecule has 0 bridgehead atoms. The lowest BCUT2D eigenvalue weighted by atomic mass is 9.93. The Labute approximate surface area is 214 Å². The number of hydrogen-bond donors (Lipinski definition) is 1. The number of rotatable bonds is 9. The van der Waals surface area contributed by atoms with Gasteiger partial charge < -0.3 is 5.11 Å². The van der Waals surface area contributed by atoms with Crippen molar-refractivity contribution in [2.75, 3.05) is 13.1 Å². The number of aromatic nitrogens is 2. The number of halogens is 2. The van der Waals surface area contributed by atoms with Gasteiger partial charge in [-0.2, -0.15) is 5.10 Å². The molecule has 0 spiro atoms. The highest BCUT2D eigenvalue weighted by molar-refractivity contribution is 8.14. The fourth-order valence-corrected chi connectivity index (χ4v) is 5.29. The minimum atomic E-state index is -0.893. The molecule has 188 valence electrons. The monoisotopic (exact) mass is 521 g/mol. The molecule has 1 aliphatic heterocycles. The van der Waals surface area contributed by atoms with Gasteiger partial charge in [0.15, 0.2) is 10.9 Å². The molecule has 35 heavy (non-hydrogen) atoms. The number of carbonyl (C=O) groups is 3. The third-order valence-electron chi connectivity index (χ3n) is 6.15. The van der Waals surface area contributed by atoms with Crippen LogP contribution in [0, 0.1) is 11.7 Å². The summed E-state index contributed by atoms with van der Waals surface area (Å²) >= 11 is 1.26. The van der Waals surface area contributed by atoms with Gasteiger partial charge in [-0.05, 0) is 43.0 Å². The maximum atomic E-state index is 14.8. The van der Waals surface area contributed by atoms with Crippen molar-refractivity contribution in [2.24, 2.45) is 5.92 Å². The average Bonchev–Trinajstić information content (AvgIpc) is 3.55. The molecule has 2 heterocycles. The lowest BCUT2D eigenvalue weighted by Gasteiger charge is -2.38. The van der Waals surface area contributed by atoms with E-state index in [1.165, 1.54) is 24.8 Å². The molecule has 7 nitrogen and oxygen atoms in total. The van der Waals surface area contributed by atoms with Crippen molar-refractivity contribution >= 4 is 47.1 Å². The summed E-state index contributed by atoms with van der Waals surface area (Å²) in [5, 5.41) is 13.3. The van der Waals surface area contributed by atoms with Gasteiger partial charge in [0.25, 0.3) is 0 Å². The molecule has 10 heteroatoms. The normalized spacial score (nSPS) is 20.3. The van der Waals surface area contributed by atoms with Crippen molar-refractivity contribution in [1.29, 1.82) is 0 Å². The number of thioether (sulfide) groups is 1. The zero-order valence-corrected chi connectivity index (χ0v) is 21.1. The van der Waals surface area contributed by atoms with E-state index in [0.29, 0.717) is 30.8 Å². The highest BCUT2D eigenvalue weighted by Crippen LogP contribution is 2.40. The number of Topliss-reactive ketones (excluding diaryl/α,β-unsaturated/α-hetero) is 1. The predicted molar refractivity (Wildman–Crippen MR) is 135 cm³/mol. The van der Waals surface area contributed by atoms with Gasteiger partial charge >= 0.3 is 5.97 Å². The molecule has 1 unspecified atom stereocenters. The first kappa shape index (κ1) is 27.1. The van der Waals surface area contributed by atoms with Crippen molar-refractivity contribution in [1.82, 2.24) is 14.7 Å². The summed E-state index contributed by atoms with van der Waals surface area (Å²) < 4.78 is 16.3. The molecule has 4 rings (SSSR count). The first-order valence-corrected chi connectivity index (χ1v) is 12.3. The van der Waals surface area contributed by atoms with E-state index in [-0.39, 0.29) is 53.3 Å². The molecule has 1 saturated heterocycles. The number of piperidine rings is 1. The highest BCUT2D eigenvalue weighted by Gasteiger charge is 2.41. The molecule has 1 aliphatic carbocycles. The van der Waals surface area contributed by atoms with Crippen LogP contribution in [0.25, 0.3) is 6.08 Å². The number of aliphatic carboxylic acids is 1. The van der Waals surface area contributed by atoms with Gasteiger partial charge in [0.05, 0.1) is 24.7 Å². The van der Waals surface area contributed by atoms with Gasteiger partial charge in [-0.1, -0.05) is 30.0 Å². The Kier molecular flexibility index (Phi) is 9.27. The zero-order valence-electron chi connectivity index (χ0n) is 19.4. The van der Waals surface area contributed by atoms with Crippen molar-refractivity contribution < 1.29 is 23.9 Å². The fraction of sp³-hybridized carbons (Fsp3) is 0.440. The summed E-state index contributed by atoms with van der Waals surface area (Å²) in [5.74, 6) is -1.24. The Bertz CT molecular complexity index is 1120. The van der Waals surface area contributed by atoms with Crippen LogP contribution in [0.1, 0.15) is 49.9 Å². The zero-order chi connectivity index (χ0) is 24.2.